The zero-order valence-corrected chi connectivity index (χ0v) is 15.2. The molecule has 1 unspecified atom stereocenters. The van der Waals surface area contributed by atoms with Crippen molar-refractivity contribution in [1.29, 1.82) is 0 Å². The number of aliphatic hydroxyl groups is 1. The summed E-state index contributed by atoms with van der Waals surface area (Å²) in [7, 11) is 0. The molecular formula is C18H27N3O4. The molecule has 1 aromatic rings. The lowest BCUT2D eigenvalue weighted by atomic mass is 10.0. The molecule has 0 bridgehead atoms. The lowest BCUT2D eigenvalue weighted by Crippen LogP contribution is -2.42. The van der Waals surface area contributed by atoms with Crippen LogP contribution in [0.2, 0.25) is 0 Å². The normalized spacial score (nSPS) is 15.2. The van der Waals surface area contributed by atoms with Crippen molar-refractivity contribution in [3.05, 3.63) is 17.7 Å². The summed E-state index contributed by atoms with van der Waals surface area (Å²) in [5.41, 5.74) is 1.88. The van der Waals surface area contributed by atoms with Gasteiger partial charge < -0.3 is 25.8 Å². The van der Waals surface area contributed by atoms with Crippen LogP contribution in [0.15, 0.2) is 12.1 Å². The van der Waals surface area contributed by atoms with Gasteiger partial charge in [0.2, 0.25) is 11.8 Å². The maximum atomic E-state index is 11.7. The lowest BCUT2D eigenvalue weighted by molar-refractivity contribution is -0.116. The molecule has 2 amide bonds. The number of anilines is 2. The van der Waals surface area contributed by atoms with Gasteiger partial charge in [-0.2, -0.15) is 0 Å². The first-order valence-corrected chi connectivity index (χ1v) is 8.45. The molecule has 0 aromatic heterocycles. The van der Waals surface area contributed by atoms with Gasteiger partial charge in [-0.15, -0.1) is 0 Å². The summed E-state index contributed by atoms with van der Waals surface area (Å²) in [4.78, 5) is 23.0. The van der Waals surface area contributed by atoms with Crippen molar-refractivity contribution in [2.75, 3.05) is 23.8 Å². The third kappa shape index (κ3) is 5.72. The molecular weight excluding hydrogens is 322 g/mol. The molecule has 0 radical (unpaired) electrons. The highest BCUT2D eigenvalue weighted by Crippen LogP contribution is 2.37. The Kier molecular flexibility index (Phi) is 6.02. The van der Waals surface area contributed by atoms with Crippen LogP contribution < -0.4 is 20.7 Å². The fourth-order valence-corrected chi connectivity index (χ4v) is 2.56. The molecule has 4 N–H and O–H groups in total. The largest absolute Gasteiger partial charge is 0.490 e. The van der Waals surface area contributed by atoms with Crippen LogP contribution in [0.4, 0.5) is 11.4 Å². The second-order valence-electron chi connectivity index (χ2n) is 7.29. The van der Waals surface area contributed by atoms with Crippen LogP contribution in [0.25, 0.3) is 0 Å². The Labute approximate surface area is 148 Å². The SMILES string of the molecule is CC(=O)Nc1ccc(OCC(O)CNC(C)(C)C)c2c1NC(=O)CC2. The van der Waals surface area contributed by atoms with Gasteiger partial charge in [-0.3, -0.25) is 9.59 Å². The number of amides is 2. The van der Waals surface area contributed by atoms with Crippen LogP contribution in [-0.4, -0.2) is 41.7 Å². The molecule has 7 heteroatoms. The summed E-state index contributed by atoms with van der Waals surface area (Å²) < 4.78 is 5.77. The standard InChI is InChI=1S/C18H27N3O4/c1-11(22)20-14-6-7-15(13-5-8-16(24)21-17(13)14)25-10-12(23)9-19-18(2,3)4/h6-7,12,19,23H,5,8-10H2,1-4H3,(H,20,22)(H,21,24). The second-order valence-corrected chi connectivity index (χ2v) is 7.29. The van der Waals surface area contributed by atoms with Crippen molar-refractivity contribution >= 4 is 23.2 Å². The van der Waals surface area contributed by atoms with Gasteiger partial charge in [-0.1, -0.05) is 0 Å². The predicted octanol–water partition coefficient (Wildman–Crippen LogP) is 1.66. The predicted molar refractivity (Wildman–Crippen MR) is 97.0 cm³/mol. The number of ether oxygens (including phenoxy) is 1. The van der Waals surface area contributed by atoms with Crippen molar-refractivity contribution in [2.24, 2.45) is 0 Å². The minimum absolute atomic E-state index is 0.0789. The fraction of sp³-hybridized carbons (Fsp3) is 0.556. The van der Waals surface area contributed by atoms with Gasteiger partial charge in [0.1, 0.15) is 18.5 Å². The van der Waals surface area contributed by atoms with Crippen molar-refractivity contribution in [3.63, 3.8) is 0 Å². The van der Waals surface area contributed by atoms with Gasteiger partial charge in [0.15, 0.2) is 0 Å². The fourth-order valence-electron chi connectivity index (χ4n) is 2.56. The number of rotatable bonds is 6. The molecule has 1 aromatic carbocycles. The van der Waals surface area contributed by atoms with E-state index < -0.39 is 6.10 Å². The maximum Gasteiger partial charge on any atom is 0.224 e. The van der Waals surface area contributed by atoms with Crippen LogP contribution in [0.5, 0.6) is 5.75 Å². The highest BCUT2D eigenvalue weighted by Gasteiger charge is 2.23. The number of hydrogen-bond acceptors (Lipinski definition) is 5. The van der Waals surface area contributed by atoms with E-state index in [-0.39, 0.29) is 24.0 Å². The Bertz CT molecular complexity index is 652. The topological polar surface area (TPSA) is 99.7 Å². The number of fused-ring (bicyclic) bond motifs is 1. The van der Waals surface area contributed by atoms with E-state index >= 15 is 0 Å². The van der Waals surface area contributed by atoms with Crippen LogP contribution >= 0.6 is 0 Å². The molecule has 0 aliphatic carbocycles. The Morgan fingerprint density at radius 3 is 2.72 bits per heavy atom. The number of β-amino-alcohol motifs (C(OH)–C–C–N with tert-alkyl or cyclic N) is 1. The highest BCUT2D eigenvalue weighted by atomic mass is 16.5. The number of carbonyl (C=O) groups excluding carboxylic acids is 2. The minimum Gasteiger partial charge on any atom is -0.490 e. The average Bonchev–Trinajstić information content (AvgIpc) is 2.51. The summed E-state index contributed by atoms with van der Waals surface area (Å²) in [6, 6.07) is 3.45. The third-order valence-electron chi connectivity index (χ3n) is 3.75. The zero-order chi connectivity index (χ0) is 18.6. The second kappa shape index (κ2) is 7.84. The van der Waals surface area contributed by atoms with E-state index in [9.17, 15) is 14.7 Å². The third-order valence-corrected chi connectivity index (χ3v) is 3.75. The van der Waals surface area contributed by atoms with Crippen LogP contribution in [-0.2, 0) is 16.0 Å². The number of nitrogens with one attached hydrogen (secondary N) is 3. The monoisotopic (exact) mass is 349 g/mol. The van der Waals surface area contributed by atoms with Gasteiger partial charge in [-0.05, 0) is 39.3 Å². The van der Waals surface area contributed by atoms with Crippen LogP contribution in [0, 0.1) is 0 Å². The minimum atomic E-state index is -0.650. The van der Waals surface area contributed by atoms with Crippen LogP contribution in [0.1, 0.15) is 39.7 Å². The Hall–Kier alpha value is -2.12. The Morgan fingerprint density at radius 1 is 1.36 bits per heavy atom. The summed E-state index contributed by atoms with van der Waals surface area (Å²) in [6.07, 6.45) is 0.240. The van der Waals surface area contributed by atoms with Gasteiger partial charge in [-0.25, -0.2) is 0 Å². The molecule has 7 nitrogen and oxygen atoms in total. The number of benzene rings is 1. The van der Waals surface area contributed by atoms with E-state index in [1.54, 1.807) is 12.1 Å². The molecule has 1 atom stereocenters. The first-order chi connectivity index (χ1) is 11.7. The molecule has 0 saturated carbocycles. The lowest BCUT2D eigenvalue weighted by Gasteiger charge is -2.25. The molecule has 1 heterocycles. The molecule has 2 rings (SSSR count). The van der Waals surface area contributed by atoms with Crippen molar-refractivity contribution in [2.45, 2.75) is 52.2 Å². The van der Waals surface area contributed by atoms with Gasteiger partial charge >= 0.3 is 0 Å². The molecule has 138 valence electrons. The number of carbonyl (C=O) groups is 2. The van der Waals surface area contributed by atoms with Crippen LogP contribution in [0.3, 0.4) is 0 Å². The summed E-state index contributed by atoms with van der Waals surface area (Å²) >= 11 is 0. The smallest absolute Gasteiger partial charge is 0.224 e. The van der Waals surface area contributed by atoms with E-state index in [1.807, 2.05) is 20.8 Å². The van der Waals surface area contributed by atoms with E-state index in [2.05, 4.69) is 16.0 Å². The average molecular weight is 349 g/mol. The molecule has 1 aliphatic rings. The van der Waals surface area contributed by atoms with Gasteiger partial charge in [0.25, 0.3) is 0 Å². The number of aliphatic hydroxyl groups excluding tert-OH is 1. The highest BCUT2D eigenvalue weighted by molar-refractivity contribution is 6.02. The van der Waals surface area contributed by atoms with E-state index in [4.69, 9.17) is 4.74 Å². The quantitative estimate of drug-likeness (QED) is 0.626. The van der Waals surface area contributed by atoms with Crippen molar-refractivity contribution < 1.29 is 19.4 Å². The molecule has 25 heavy (non-hydrogen) atoms. The summed E-state index contributed by atoms with van der Waals surface area (Å²) in [5.74, 6) is 0.309. The molecule has 0 spiro atoms. The van der Waals surface area contributed by atoms with Gasteiger partial charge in [0, 0.05) is 31.0 Å². The zero-order valence-electron chi connectivity index (χ0n) is 15.2. The first-order valence-electron chi connectivity index (χ1n) is 8.45. The maximum absolute atomic E-state index is 11.7. The van der Waals surface area contributed by atoms with Crippen molar-refractivity contribution in [3.8, 4) is 5.75 Å². The van der Waals surface area contributed by atoms with Gasteiger partial charge in [0.05, 0.1) is 11.4 Å². The Balaban J connectivity index is 2.10. The summed E-state index contributed by atoms with van der Waals surface area (Å²) in [6.45, 7) is 8.07. The van der Waals surface area contributed by atoms with E-state index in [0.29, 0.717) is 36.5 Å². The van der Waals surface area contributed by atoms with Crippen molar-refractivity contribution in [1.82, 2.24) is 5.32 Å². The molecule has 0 saturated heterocycles. The van der Waals surface area contributed by atoms with E-state index in [0.717, 1.165) is 5.56 Å². The Morgan fingerprint density at radius 2 is 2.08 bits per heavy atom. The molecule has 0 fully saturated rings. The first kappa shape index (κ1) is 19.2. The number of hydrogen-bond donors (Lipinski definition) is 4. The molecule has 1 aliphatic heterocycles. The summed E-state index contributed by atoms with van der Waals surface area (Å²) in [5, 5.41) is 18.8. The van der Waals surface area contributed by atoms with E-state index in [1.165, 1.54) is 6.92 Å².